The molecule has 0 unspecified atom stereocenters. The lowest BCUT2D eigenvalue weighted by Crippen LogP contribution is -2.48. The van der Waals surface area contributed by atoms with Crippen molar-refractivity contribution in [3.8, 4) is 0 Å². The number of amides is 1. The number of hydrogen-bond donors (Lipinski definition) is 0. The largest absolute Gasteiger partial charge is 0.448 e. The molecule has 0 saturated carbocycles. The molecule has 200 valence electrons. The van der Waals surface area contributed by atoms with Gasteiger partial charge in [0.25, 0.3) is 0 Å². The first kappa shape index (κ1) is 26.5. The third kappa shape index (κ3) is 5.98. The van der Waals surface area contributed by atoms with E-state index >= 15 is 0 Å². The van der Waals surface area contributed by atoms with E-state index < -0.39 is 16.1 Å². The fraction of sp³-hybridized carbons (Fsp3) is 0.536. The van der Waals surface area contributed by atoms with Crippen molar-refractivity contribution in [2.75, 3.05) is 32.8 Å². The fourth-order valence-corrected chi connectivity index (χ4v) is 8.02. The van der Waals surface area contributed by atoms with Crippen molar-refractivity contribution >= 4 is 27.7 Å². The number of likely N-dealkylation sites (tertiary alicyclic amines) is 2. The maximum Gasteiger partial charge on any atom is 0.409 e. The summed E-state index contributed by atoms with van der Waals surface area (Å²) >= 11 is 6.01. The molecule has 0 radical (unpaired) electrons. The van der Waals surface area contributed by atoms with Gasteiger partial charge in [-0.1, -0.05) is 48.4 Å². The molecule has 3 saturated heterocycles. The molecule has 3 fully saturated rings. The van der Waals surface area contributed by atoms with Crippen LogP contribution in [0.15, 0.2) is 59.5 Å². The number of sulfonamides is 1. The van der Waals surface area contributed by atoms with Gasteiger partial charge >= 0.3 is 6.09 Å². The number of halogens is 1. The van der Waals surface area contributed by atoms with E-state index in [0.29, 0.717) is 37.0 Å². The standard InChI is InChI=1S/C28H36ClN3O4S/c29-23-9-12-26(13-10-23)37(34,35)32-25(11-14-27(32)22-7-3-1-4-8-22)21-36-28(33)31-19-15-24(16-20-31)30-17-5-2-6-18-30/h1,3-4,7-10,12-13,24-25,27H,2,5-6,11,14-21H2/t25-,27+/m0/s1. The Hall–Kier alpha value is -2.13. The third-order valence-electron chi connectivity index (χ3n) is 8.04. The first-order valence-corrected chi connectivity index (χ1v) is 15.2. The van der Waals surface area contributed by atoms with Crippen molar-refractivity contribution in [1.29, 1.82) is 0 Å². The van der Waals surface area contributed by atoms with Gasteiger partial charge in [0.1, 0.15) is 6.61 Å². The summed E-state index contributed by atoms with van der Waals surface area (Å²) in [7, 11) is -3.83. The normalized spacial score (nSPS) is 24.3. The molecule has 0 N–H and O–H groups in total. The van der Waals surface area contributed by atoms with Crippen LogP contribution in [0.1, 0.15) is 56.6 Å². The van der Waals surface area contributed by atoms with Gasteiger partial charge in [-0.2, -0.15) is 4.31 Å². The zero-order chi connectivity index (χ0) is 25.8. The van der Waals surface area contributed by atoms with Crippen LogP contribution in [0.25, 0.3) is 0 Å². The molecule has 37 heavy (non-hydrogen) atoms. The van der Waals surface area contributed by atoms with Crippen molar-refractivity contribution in [3.05, 3.63) is 65.2 Å². The van der Waals surface area contributed by atoms with E-state index in [-0.39, 0.29) is 23.6 Å². The smallest absolute Gasteiger partial charge is 0.409 e. The molecule has 2 atom stereocenters. The van der Waals surface area contributed by atoms with Crippen LogP contribution in [0.5, 0.6) is 0 Å². The van der Waals surface area contributed by atoms with E-state index in [2.05, 4.69) is 4.90 Å². The van der Waals surface area contributed by atoms with Crippen LogP contribution in [-0.2, 0) is 14.8 Å². The molecule has 7 nitrogen and oxygen atoms in total. The highest BCUT2D eigenvalue weighted by molar-refractivity contribution is 7.89. The number of nitrogens with zero attached hydrogens (tertiary/aromatic N) is 3. The van der Waals surface area contributed by atoms with Gasteiger partial charge in [0.15, 0.2) is 0 Å². The third-order valence-corrected chi connectivity index (χ3v) is 10.3. The number of carbonyl (C=O) groups is 1. The van der Waals surface area contributed by atoms with Gasteiger partial charge in [0.05, 0.1) is 17.0 Å². The zero-order valence-corrected chi connectivity index (χ0v) is 22.7. The lowest BCUT2D eigenvalue weighted by atomic mass is 10.0. The molecule has 2 aromatic carbocycles. The van der Waals surface area contributed by atoms with Crippen LogP contribution >= 0.6 is 11.6 Å². The summed E-state index contributed by atoms with van der Waals surface area (Å²) in [6.07, 6.45) is 6.73. The predicted molar refractivity (Wildman–Crippen MR) is 144 cm³/mol. The minimum absolute atomic E-state index is 0.0427. The summed E-state index contributed by atoms with van der Waals surface area (Å²) in [5.41, 5.74) is 0.939. The van der Waals surface area contributed by atoms with Crippen LogP contribution in [0.2, 0.25) is 5.02 Å². The molecular formula is C28H36ClN3O4S. The van der Waals surface area contributed by atoms with Gasteiger partial charge in [-0.25, -0.2) is 13.2 Å². The molecule has 0 aromatic heterocycles. The Morgan fingerprint density at radius 3 is 2.22 bits per heavy atom. The molecule has 5 rings (SSSR count). The number of rotatable bonds is 6. The molecular weight excluding hydrogens is 510 g/mol. The Balaban J connectivity index is 1.25. The molecule has 9 heteroatoms. The lowest BCUT2D eigenvalue weighted by Gasteiger charge is -2.40. The maximum absolute atomic E-state index is 13.8. The van der Waals surface area contributed by atoms with Crippen molar-refractivity contribution in [2.24, 2.45) is 0 Å². The molecule has 0 aliphatic carbocycles. The number of benzene rings is 2. The molecule has 1 amide bonds. The summed E-state index contributed by atoms with van der Waals surface area (Å²) in [6.45, 7) is 3.74. The Morgan fingerprint density at radius 1 is 0.865 bits per heavy atom. The van der Waals surface area contributed by atoms with Crippen LogP contribution in [0.4, 0.5) is 4.79 Å². The topological polar surface area (TPSA) is 70.2 Å². The lowest BCUT2D eigenvalue weighted by molar-refractivity contribution is 0.0575. The molecule has 3 aliphatic heterocycles. The highest BCUT2D eigenvalue weighted by Gasteiger charge is 2.43. The minimum atomic E-state index is -3.83. The maximum atomic E-state index is 13.8. The van der Waals surface area contributed by atoms with Crippen LogP contribution in [-0.4, -0.2) is 73.5 Å². The van der Waals surface area contributed by atoms with Crippen LogP contribution in [0, 0.1) is 0 Å². The summed E-state index contributed by atoms with van der Waals surface area (Å²) in [5, 5.41) is 0.481. The molecule has 2 aromatic rings. The van der Waals surface area contributed by atoms with Crippen molar-refractivity contribution in [1.82, 2.24) is 14.1 Å². The van der Waals surface area contributed by atoms with E-state index in [9.17, 15) is 13.2 Å². The molecule has 3 heterocycles. The SMILES string of the molecule is O=C(OC[C@@H]1CC[C@H](c2ccccc2)N1S(=O)(=O)c1ccc(Cl)cc1)N1CCC(N2CCCCC2)CC1. The fourth-order valence-electron chi connectivity index (χ4n) is 6.05. The van der Waals surface area contributed by atoms with E-state index in [4.69, 9.17) is 16.3 Å². The second-order valence-corrected chi connectivity index (χ2v) is 12.6. The highest BCUT2D eigenvalue weighted by Crippen LogP contribution is 2.40. The van der Waals surface area contributed by atoms with E-state index in [1.54, 1.807) is 21.3 Å². The minimum Gasteiger partial charge on any atom is -0.448 e. The van der Waals surface area contributed by atoms with Crippen molar-refractivity contribution < 1.29 is 17.9 Å². The average molecular weight is 546 g/mol. The number of ether oxygens (including phenoxy) is 1. The quantitative estimate of drug-likeness (QED) is 0.491. The second-order valence-electron chi connectivity index (χ2n) is 10.3. The molecule has 3 aliphatic rings. The number of piperidine rings is 2. The van der Waals surface area contributed by atoms with Gasteiger partial charge in [-0.3, -0.25) is 0 Å². The average Bonchev–Trinajstić information content (AvgIpc) is 3.38. The van der Waals surface area contributed by atoms with Crippen molar-refractivity contribution in [2.45, 2.75) is 68.0 Å². The predicted octanol–water partition coefficient (Wildman–Crippen LogP) is 5.32. The number of carbonyl (C=O) groups excluding carboxylic acids is 1. The van der Waals surface area contributed by atoms with Gasteiger partial charge < -0.3 is 14.5 Å². The van der Waals surface area contributed by atoms with Gasteiger partial charge in [-0.15, -0.1) is 0 Å². The van der Waals surface area contributed by atoms with E-state index in [1.807, 2.05) is 30.3 Å². The van der Waals surface area contributed by atoms with Gasteiger partial charge in [0.2, 0.25) is 10.0 Å². The first-order valence-electron chi connectivity index (χ1n) is 13.4. The highest BCUT2D eigenvalue weighted by atomic mass is 35.5. The Morgan fingerprint density at radius 2 is 1.54 bits per heavy atom. The summed E-state index contributed by atoms with van der Waals surface area (Å²) in [4.78, 5) is 17.5. The summed E-state index contributed by atoms with van der Waals surface area (Å²) < 4.78 is 34.9. The summed E-state index contributed by atoms with van der Waals surface area (Å²) in [6, 6.07) is 15.7. The zero-order valence-electron chi connectivity index (χ0n) is 21.2. The van der Waals surface area contributed by atoms with Crippen LogP contribution < -0.4 is 0 Å². The van der Waals surface area contributed by atoms with E-state index in [1.165, 1.54) is 31.4 Å². The number of hydrogen-bond acceptors (Lipinski definition) is 5. The van der Waals surface area contributed by atoms with Gasteiger partial charge in [0, 0.05) is 24.2 Å². The Kier molecular flexibility index (Phi) is 8.39. The van der Waals surface area contributed by atoms with E-state index in [0.717, 1.165) is 31.5 Å². The second kappa shape index (κ2) is 11.7. The van der Waals surface area contributed by atoms with Crippen molar-refractivity contribution in [3.63, 3.8) is 0 Å². The van der Waals surface area contributed by atoms with Crippen LogP contribution in [0.3, 0.4) is 0 Å². The summed E-state index contributed by atoms with van der Waals surface area (Å²) in [5.74, 6) is 0. The first-order chi connectivity index (χ1) is 17.9. The monoisotopic (exact) mass is 545 g/mol. The molecule has 0 bridgehead atoms. The Labute approximate surface area is 225 Å². The molecule has 0 spiro atoms. The van der Waals surface area contributed by atoms with Gasteiger partial charge in [-0.05, 0) is 81.4 Å². The Bertz CT molecular complexity index is 1150.